The van der Waals surface area contributed by atoms with Crippen molar-refractivity contribution in [1.82, 2.24) is 9.29 Å². The number of unbranched alkanes of at least 4 members (excludes halogenated alkanes) is 2. The van der Waals surface area contributed by atoms with Gasteiger partial charge in [-0.2, -0.15) is 4.31 Å². The number of nitrogens with zero attached hydrogens (tertiary/aromatic N) is 2. The first-order valence-corrected chi connectivity index (χ1v) is 9.12. The zero-order valence-electron chi connectivity index (χ0n) is 13.2. The molecule has 23 heavy (non-hydrogen) atoms. The molecular formula is C17H21FN2O2S. The van der Waals surface area contributed by atoms with Crippen molar-refractivity contribution in [2.75, 3.05) is 6.54 Å². The lowest BCUT2D eigenvalue weighted by atomic mass is 10.2. The number of halogens is 1. The minimum Gasteiger partial charge on any atom is -0.263 e. The average molecular weight is 336 g/mol. The zero-order valence-corrected chi connectivity index (χ0v) is 14.0. The average Bonchev–Trinajstić information content (AvgIpc) is 2.56. The van der Waals surface area contributed by atoms with Gasteiger partial charge < -0.3 is 0 Å². The van der Waals surface area contributed by atoms with Crippen molar-refractivity contribution >= 4 is 10.0 Å². The van der Waals surface area contributed by atoms with Gasteiger partial charge in [0.1, 0.15) is 10.7 Å². The van der Waals surface area contributed by atoms with Gasteiger partial charge in [0, 0.05) is 25.5 Å². The molecule has 0 saturated heterocycles. The molecule has 2 rings (SSSR count). The van der Waals surface area contributed by atoms with Crippen LogP contribution in [-0.4, -0.2) is 24.3 Å². The Labute approximate surface area is 137 Å². The lowest BCUT2D eigenvalue weighted by molar-refractivity contribution is 0.394. The molecule has 0 aliphatic carbocycles. The van der Waals surface area contributed by atoms with E-state index < -0.39 is 10.0 Å². The van der Waals surface area contributed by atoms with Crippen LogP contribution < -0.4 is 0 Å². The minimum absolute atomic E-state index is 0.179. The maximum atomic E-state index is 13.0. The minimum atomic E-state index is -3.61. The van der Waals surface area contributed by atoms with E-state index in [4.69, 9.17) is 0 Å². The van der Waals surface area contributed by atoms with E-state index in [0.29, 0.717) is 6.54 Å². The summed E-state index contributed by atoms with van der Waals surface area (Å²) in [7, 11) is -3.61. The number of hydrogen-bond donors (Lipinski definition) is 0. The van der Waals surface area contributed by atoms with E-state index in [-0.39, 0.29) is 17.3 Å². The van der Waals surface area contributed by atoms with Crippen LogP contribution in [0, 0.1) is 5.82 Å². The van der Waals surface area contributed by atoms with Crippen LogP contribution in [-0.2, 0) is 16.6 Å². The van der Waals surface area contributed by atoms with Gasteiger partial charge >= 0.3 is 0 Å². The number of rotatable bonds is 8. The molecule has 0 saturated carbocycles. The standard InChI is InChI=1S/C17H21FN2O2S/c1-2-3-4-12-20(14-15-7-9-16(18)10-8-15)23(21,22)17-6-5-11-19-13-17/h5-11,13H,2-4,12,14H2,1H3. The first kappa shape index (κ1) is 17.6. The van der Waals surface area contributed by atoms with Crippen molar-refractivity contribution in [2.45, 2.75) is 37.6 Å². The lowest BCUT2D eigenvalue weighted by Gasteiger charge is -2.22. The number of hydrogen-bond acceptors (Lipinski definition) is 3. The highest BCUT2D eigenvalue weighted by atomic mass is 32.2. The fourth-order valence-corrected chi connectivity index (χ4v) is 3.70. The van der Waals surface area contributed by atoms with Gasteiger partial charge in [0.15, 0.2) is 0 Å². The predicted molar refractivity (Wildman–Crippen MR) is 87.8 cm³/mol. The Morgan fingerprint density at radius 3 is 2.48 bits per heavy atom. The quantitative estimate of drug-likeness (QED) is 0.692. The molecule has 0 radical (unpaired) electrons. The van der Waals surface area contributed by atoms with Crippen LogP contribution in [0.15, 0.2) is 53.7 Å². The Balaban J connectivity index is 2.24. The largest absolute Gasteiger partial charge is 0.263 e. The highest BCUT2D eigenvalue weighted by molar-refractivity contribution is 7.89. The summed E-state index contributed by atoms with van der Waals surface area (Å²) < 4.78 is 40.1. The zero-order chi connectivity index (χ0) is 16.7. The van der Waals surface area contributed by atoms with Crippen molar-refractivity contribution in [2.24, 2.45) is 0 Å². The second-order valence-corrected chi connectivity index (χ2v) is 7.30. The molecule has 0 spiro atoms. The smallest absolute Gasteiger partial charge is 0.244 e. The molecule has 0 aliphatic rings. The number of aromatic nitrogens is 1. The Bertz CT molecular complexity index is 703. The highest BCUT2D eigenvalue weighted by Crippen LogP contribution is 2.18. The third-order valence-electron chi connectivity index (χ3n) is 3.56. The molecule has 0 unspecified atom stereocenters. The summed E-state index contributed by atoms with van der Waals surface area (Å²) in [6.07, 6.45) is 5.66. The first-order valence-electron chi connectivity index (χ1n) is 7.68. The Morgan fingerprint density at radius 2 is 1.87 bits per heavy atom. The van der Waals surface area contributed by atoms with Crippen molar-refractivity contribution in [3.05, 3.63) is 60.2 Å². The fourth-order valence-electron chi connectivity index (χ4n) is 2.26. The Hall–Kier alpha value is -1.79. The third-order valence-corrected chi connectivity index (χ3v) is 5.38. The SMILES string of the molecule is CCCCCN(Cc1ccc(F)cc1)S(=O)(=O)c1cccnc1. The summed E-state index contributed by atoms with van der Waals surface area (Å²) in [6.45, 7) is 2.73. The van der Waals surface area contributed by atoms with E-state index in [1.165, 1.54) is 22.6 Å². The molecule has 124 valence electrons. The molecular weight excluding hydrogens is 315 g/mol. The first-order chi connectivity index (χ1) is 11.0. The molecule has 1 heterocycles. The van der Waals surface area contributed by atoms with Crippen molar-refractivity contribution in [1.29, 1.82) is 0 Å². The van der Waals surface area contributed by atoms with E-state index in [1.807, 2.05) is 0 Å². The monoisotopic (exact) mass is 336 g/mol. The number of benzene rings is 1. The number of sulfonamides is 1. The Kier molecular flexibility index (Phi) is 6.24. The molecule has 1 aromatic carbocycles. The molecule has 0 atom stereocenters. The van der Waals surface area contributed by atoms with Crippen molar-refractivity contribution in [3.8, 4) is 0 Å². The van der Waals surface area contributed by atoms with Crippen LogP contribution in [0.5, 0.6) is 0 Å². The van der Waals surface area contributed by atoms with Crippen LogP contribution in [0.3, 0.4) is 0 Å². The summed E-state index contributed by atoms with van der Waals surface area (Å²) >= 11 is 0. The predicted octanol–water partition coefficient (Wildman–Crippen LogP) is 3.60. The summed E-state index contributed by atoms with van der Waals surface area (Å²) in [5.41, 5.74) is 0.760. The van der Waals surface area contributed by atoms with Crippen molar-refractivity contribution < 1.29 is 12.8 Å². The van der Waals surface area contributed by atoms with Crippen LogP contribution in [0.25, 0.3) is 0 Å². The van der Waals surface area contributed by atoms with Gasteiger partial charge in [0.25, 0.3) is 0 Å². The fraction of sp³-hybridized carbons (Fsp3) is 0.353. The molecule has 0 bridgehead atoms. The van der Waals surface area contributed by atoms with E-state index in [9.17, 15) is 12.8 Å². The van der Waals surface area contributed by atoms with Crippen LogP contribution in [0.4, 0.5) is 4.39 Å². The third kappa shape index (κ3) is 4.84. The van der Waals surface area contributed by atoms with Gasteiger partial charge in [-0.15, -0.1) is 0 Å². The molecule has 0 amide bonds. The maximum absolute atomic E-state index is 13.0. The van der Waals surface area contributed by atoms with Gasteiger partial charge in [0.2, 0.25) is 10.0 Å². The lowest BCUT2D eigenvalue weighted by Crippen LogP contribution is -2.31. The second-order valence-electron chi connectivity index (χ2n) is 5.36. The molecule has 2 aromatic rings. The molecule has 0 N–H and O–H groups in total. The molecule has 6 heteroatoms. The molecule has 1 aromatic heterocycles. The number of pyridine rings is 1. The van der Waals surface area contributed by atoms with Gasteiger partial charge in [-0.25, -0.2) is 12.8 Å². The van der Waals surface area contributed by atoms with Gasteiger partial charge in [-0.05, 0) is 36.2 Å². The van der Waals surface area contributed by atoms with Crippen molar-refractivity contribution in [3.63, 3.8) is 0 Å². The van der Waals surface area contributed by atoms with E-state index in [0.717, 1.165) is 24.8 Å². The summed E-state index contributed by atoms with van der Waals surface area (Å²) in [5, 5.41) is 0. The molecule has 0 fully saturated rings. The highest BCUT2D eigenvalue weighted by Gasteiger charge is 2.24. The van der Waals surface area contributed by atoms with Crippen LogP contribution in [0.1, 0.15) is 31.7 Å². The van der Waals surface area contributed by atoms with Gasteiger partial charge in [-0.3, -0.25) is 4.98 Å². The maximum Gasteiger partial charge on any atom is 0.244 e. The molecule has 4 nitrogen and oxygen atoms in total. The molecule has 0 aliphatic heterocycles. The van der Waals surface area contributed by atoms with Gasteiger partial charge in [0.05, 0.1) is 0 Å². The van der Waals surface area contributed by atoms with E-state index in [2.05, 4.69) is 11.9 Å². The Morgan fingerprint density at radius 1 is 1.13 bits per heavy atom. The van der Waals surface area contributed by atoms with Crippen LogP contribution in [0.2, 0.25) is 0 Å². The second kappa shape index (κ2) is 8.17. The summed E-state index contributed by atoms with van der Waals surface area (Å²) in [5.74, 6) is -0.332. The normalized spacial score (nSPS) is 11.8. The van der Waals surface area contributed by atoms with E-state index >= 15 is 0 Å². The topological polar surface area (TPSA) is 50.3 Å². The summed E-state index contributed by atoms with van der Waals surface area (Å²) in [6, 6.07) is 9.06. The van der Waals surface area contributed by atoms with Gasteiger partial charge in [-0.1, -0.05) is 31.9 Å². The van der Waals surface area contributed by atoms with Crippen LogP contribution >= 0.6 is 0 Å². The summed E-state index contributed by atoms with van der Waals surface area (Å²) in [4.78, 5) is 4.07. The van der Waals surface area contributed by atoms with E-state index in [1.54, 1.807) is 30.5 Å².